The third-order valence-corrected chi connectivity index (χ3v) is 1.09. The molecule has 0 aliphatic rings. The number of rotatable bonds is 0. The Kier molecular flexibility index (Phi) is 5.44. The third-order valence-electron chi connectivity index (χ3n) is 0.0241. The van der Waals surface area contributed by atoms with Crippen molar-refractivity contribution in [2.24, 2.45) is 1.36 Å². The summed E-state index contributed by atoms with van der Waals surface area (Å²) in [6.07, 6.45) is 0. The second-order valence-corrected chi connectivity index (χ2v) is 3.30. The first-order valence-electron chi connectivity index (χ1n) is 0.481. The van der Waals surface area contributed by atoms with Gasteiger partial charge >= 0.3 is 0 Å². The molecule has 0 fully saturated rings. The standard InChI is InChI=1S/FI2N/c1-3-4-2. The molecule has 4 heteroatoms. The highest BCUT2D eigenvalue weighted by Crippen LogP contribution is 2.03. The molecular formula is FI2N. The molecule has 0 spiro atoms. The fourth-order valence-corrected chi connectivity index (χ4v) is 0. The minimum absolute atomic E-state index is 1.28. The van der Waals surface area contributed by atoms with E-state index in [1.54, 1.807) is 22.9 Å². The highest BCUT2D eigenvalue weighted by molar-refractivity contribution is 14.2. The SMILES string of the molecule is FI=NI. The molecule has 0 atom stereocenters. The number of hydrogen-bond acceptors (Lipinski definition) is 1. The van der Waals surface area contributed by atoms with E-state index in [9.17, 15) is 2.86 Å². The van der Waals surface area contributed by atoms with Crippen LogP contribution in [0.15, 0.2) is 1.36 Å². The van der Waals surface area contributed by atoms with Crippen LogP contribution >= 0.6 is 44.5 Å². The van der Waals surface area contributed by atoms with Crippen LogP contribution in [0.5, 0.6) is 0 Å². The molecule has 0 bridgehead atoms. The van der Waals surface area contributed by atoms with Gasteiger partial charge in [-0.15, -0.1) is 0 Å². The molecule has 0 aromatic rings. The van der Waals surface area contributed by atoms with Gasteiger partial charge in [-0.05, 0) is 0 Å². The van der Waals surface area contributed by atoms with Crippen LogP contribution in [-0.4, -0.2) is 0 Å². The normalized spacial score (nSPS) is 11.5. The van der Waals surface area contributed by atoms with Crippen molar-refractivity contribution in [3.63, 3.8) is 0 Å². The molecule has 0 N–H and O–H groups in total. The van der Waals surface area contributed by atoms with Crippen molar-refractivity contribution in [3.05, 3.63) is 0 Å². The van der Waals surface area contributed by atoms with Gasteiger partial charge in [0, 0.05) is 0 Å². The average molecular weight is 287 g/mol. The molecule has 0 saturated heterocycles. The van der Waals surface area contributed by atoms with E-state index in [0.29, 0.717) is 0 Å². The van der Waals surface area contributed by atoms with Gasteiger partial charge in [0.2, 0.25) is 21.6 Å². The Labute approximate surface area is 48.4 Å². The van der Waals surface area contributed by atoms with Gasteiger partial charge in [-0.1, -0.05) is 0 Å². The molecule has 1 nitrogen and oxygen atoms in total. The minimum Gasteiger partial charge on any atom is -0.161 e. The number of hydrogen-bond donors (Lipinski definition) is 0. The topological polar surface area (TPSA) is 12.4 Å². The van der Waals surface area contributed by atoms with Crippen LogP contribution in [0.25, 0.3) is 0 Å². The van der Waals surface area contributed by atoms with Gasteiger partial charge in [0.1, 0.15) is 0 Å². The van der Waals surface area contributed by atoms with E-state index in [4.69, 9.17) is 0 Å². The number of halogens is 3. The summed E-state index contributed by atoms with van der Waals surface area (Å²) in [5.74, 6) is 0. The summed E-state index contributed by atoms with van der Waals surface area (Å²) in [6, 6.07) is 0. The second kappa shape index (κ2) is 4.19. The van der Waals surface area contributed by atoms with Crippen molar-refractivity contribution < 1.29 is 2.86 Å². The Hall–Kier alpha value is 1.19. The van der Waals surface area contributed by atoms with Gasteiger partial charge in [0.05, 0.1) is 22.9 Å². The van der Waals surface area contributed by atoms with Crippen molar-refractivity contribution in [1.82, 2.24) is 0 Å². The first kappa shape index (κ1) is 5.19. The molecule has 0 unspecified atom stereocenters. The summed E-state index contributed by atoms with van der Waals surface area (Å²) < 4.78 is 13.8. The first-order valence-corrected chi connectivity index (χ1v) is 3.23. The van der Waals surface area contributed by atoms with Gasteiger partial charge in [-0.3, -0.25) is 0 Å². The number of nitrogens with zero attached hydrogens (tertiary/aromatic N) is 1. The van der Waals surface area contributed by atoms with E-state index < -0.39 is 21.6 Å². The van der Waals surface area contributed by atoms with Crippen LogP contribution in [0.3, 0.4) is 0 Å². The monoisotopic (exact) mass is 287 g/mol. The van der Waals surface area contributed by atoms with E-state index in [-0.39, 0.29) is 0 Å². The summed E-state index contributed by atoms with van der Waals surface area (Å²) in [5.41, 5.74) is 0. The zero-order valence-electron chi connectivity index (χ0n) is 1.58. The maximum atomic E-state index is 10.7. The molecule has 0 aromatic carbocycles. The second-order valence-electron chi connectivity index (χ2n) is 0.128. The maximum absolute atomic E-state index is 10.7. The molecule has 0 aromatic heterocycles. The van der Waals surface area contributed by atoms with Crippen LogP contribution in [0, 0.1) is 0 Å². The molecule has 0 amide bonds. The Bertz CT molecular complexity index is 21.2. The fraction of sp³-hybridized carbons (Fsp3) is 0. The fourth-order valence-electron chi connectivity index (χ4n) is 0. The molecule has 0 aliphatic carbocycles. The zero-order valence-corrected chi connectivity index (χ0v) is 5.90. The quantitative estimate of drug-likeness (QED) is 0.606. The Balaban J connectivity index is 2.55. The van der Waals surface area contributed by atoms with Gasteiger partial charge in [0.25, 0.3) is 0 Å². The van der Waals surface area contributed by atoms with Crippen LogP contribution in [0.2, 0.25) is 0 Å². The lowest BCUT2D eigenvalue weighted by Gasteiger charge is -1.41. The van der Waals surface area contributed by atoms with Gasteiger partial charge in [0.15, 0.2) is 0 Å². The Morgan fingerprint density at radius 3 is 2.25 bits per heavy atom. The van der Waals surface area contributed by atoms with E-state index in [1.807, 2.05) is 0 Å². The molecule has 0 heterocycles. The van der Waals surface area contributed by atoms with Crippen LogP contribution in [-0.2, 0) is 0 Å². The van der Waals surface area contributed by atoms with Gasteiger partial charge in [-0.2, -0.15) is 4.22 Å². The van der Waals surface area contributed by atoms with E-state index in [1.165, 1.54) is 0 Å². The van der Waals surface area contributed by atoms with Crippen molar-refractivity contribution in [3.8, 4) is 0 Å². The lowest BCUT2D eigenvalue weighted by atomic mass is 14.0. The predicted molar refractivity (Wildman–Crippen MR) is 31.6 cm³/mol. The van der Waals surface area contributed by atoms with Crippen molar-refractivity contribution in [1.29, 1.82) is 0 Å². The maximum Gasteiger partial charge on any atom is 0.225 e. The van der Waals surface area contributed by atoms with Crippen molar-refractivity contribution >= 4 is 44.5 Å². The van der Waals surface area contributed by atoms with Crippen LogP contribution in [0.4, 0.5) is 2.86 Å². The molecule has 0 radical (unpaired) electrons. The first-order chi connectivity index (χ1) is 1.91. The van der Waals surface area contributed by atoms with Crippen molar-refractivity contribution in [2.45, 2.75) is 0 Å². The van der Waals surface area contributed by atoms with Crippen molar-refractivity contribution in [2.75, 3.05) is 0 Å². The summed E-state index contributed by atoms with van der Waals surface area (Å²) >= 11 is 0.373. The molecule has 0 aliphatic heterocycles. The highest BCUT2D eigenvalue weighted by Gasteiger charge is 1.44. The third kappa shape index (κ3) is 3.19. The van der Waals surface area contributed by atoms with Crippen LogP contribution in [0.1, 0.15) is 0 Å². The lowest BCUT2D eigenvalue weighted by molar-refractivity contribution is 1.03. The molecular weight excluding hydrogens is 287 g/mol. The van der Waals surface area contributed by atoms with Crippen LogP contribution < -0.4 is 0 Å². The average Bonchev–Trinajstić information content (AvgIpc) is 1.37. The summed E-state index contributed by atoms with van der Waals surface area (Å²) in [4.78, 5) is 0. The summed E-state index contributed by atoms with van der Waals surface area (Å²) in [5, 5.41) is 0. The highest BCUT2D eigenvalue weighted by atomic mass is 127. The largest absolute Gasteiger partial charge is 0.225 e. The Morgan fingerprint density at radius 1 is 2.00 bits per heavy atom. The molecule has 26 valence electrons. The van der Waals surface area contributed by atoms with E-state index >= 15 is 0 Å². The van der Waals surface area contributed by atoms with Gasteiger partial charge in [-0.25, -0.2) is 0 Å². The predicted octanol–water partition coefficient (Wildman–Crippen LogP) is 2.38. The molecule has 0 saturated carbocycles. The zero-order chi connectivity index (χ0) is 3.41. The Morgan fingerprint density at radius 2 is 2.25 bits per heavy atom. The summed E-state index contributed by atoms with van der Waals surface area (Å²) in [6.45, 7) is 0. The lowest BCUT2D eigenvalue weighted by Crippen LogP contribution is -0.882. The molecule has 4 heavy (non-hydrogen) atoms. The summed E-state index contributed by atoms with van der Waals surface area (Å²) in [7, 11) is 0. The van der Waals surface area contributed by atoms with E-state index in [0.717, 1.165) is 0 Å². The smallest absolute Gasteiger partial charge is 0.161 e. The minimum atomic E-state index is -1.28. The van der Waals surface area contributed by atoms with Gasteiger partial charge < -0.3 is 0 Å². The van der Waals surface area contributed by atoms with E-state index in [2.05, 4.69) is 1.36 Å². The molecule has 0 rings (SSSR count).